The average molecular weight is 433 g/mol. The summed E-state index contributed by atoms with van der Waals surface area (Å²) >= 11 is 0. The summed E-state index contributed by atoms with van der Waals surface area (Å²) in [7, 11) is 0. The molecule has 5 rings (SSSR count). The number of amides is 3. The first-order valence-corrected chi connectivity index (χ1v) is 10.9. The molecule has 164 valence electrons. The molecule has 7 heteroatoms. The lowest BCUT2D eigenvalue weighted by Gasteiger charge is -2.58. The van der Waals surface area contributed by atoms with Crippen LogP contribution in [0.3, 0.4) is 0 Å². The molecule has 2 aromatic carbocycles. The second kappa shape index (κ2) is 8.29. The number of benzene rings is 2. The van der Waals surface area contributed by atoms with Crippen LogP contribution in [0.15, 0.2) is 48.5 Å². The number of carbonyl (C=O) groups is 2. The van der Waals surface area contributed by atoms with Gasteiger partial charge in [0.1, 0.15) is 12.4 Å². The number of anilines is 1. The van der Waals surface area contributed by atoms with Gasteiger partial charge in [-0.05, 0) is 42.7 Å². The Hall–Kier alpha value is -3.37. The Morgan fingerprint density at radius 3 is 2.59 bits per heavy atom. The first-order chi connectivity index (χ1) is 15.5. The van der Waals surface area contributed by atoms with Crippen LogP contribution in [-0.4, -0.2) is 58.6 Å². The number of piperazine rings is 1. The highest BCUT2D eigenvalue weighted by atomic mass is 19.1. The fourth-order valence-electron chi connectivity index (χ4n) is 4.61. The van der Waals surface area contributed by atoms with Gasteiger partial charge in [0, 0.05) is 23.9 Å². The molecule has 3 atom stereocenters. The van der Waals surface area contributed by atoms with E-state index in [9.17, 15) is 19.1 Å². The van der Waals surface area contributed by atoms with Crippen molar-refractivity contribution in [2.24, 2.45) is 5.92 Å². The van der Waals surface area contributed by atoms with E-state index in [2.05, 4.69) is 17.2 Å². The molecule has 0 aromatic heterocycles. The van der Waals surface area contributed by atoms with Crippen molar-refractivity contribution in [3.8, 4) is 11.8 Å². The van der Waals surface area contributed by atoms with Gasteiger partial charge in [0.05, 0.1) is 24.4 Å². The molecule has 2 aromatic rings. The summed E-state index contributed by atoms with van der Waals surface area (Å²) in [6.07, 6.45) is 2.36. The Bertz CT molecular complexity index is 1100. The van der Waals surface area contributed by atoms with Gasteiger partial charge in [-0.25, -0.2) is 9.18 Å². The first kappa shape index (κ1) is 20.5. The maximum Gasteiger partial charge on any atom is 0.322 e. The van der Waals surface area contributed by atoms with Crippen LogP contribution < -0.4 is 5.32 Å². The van der Waals surface area contributed by atoms with E-state index in [-0.39, 0.29) is 42.7 Å². The minimum Gasteiger partial charge on any atom is -0.394 e. The van der Waals surface area contributed by atoms with Gasteiger partial charge < -0.3 is 20.2 Å². The molecule has 2 aliphatic heterocycles. The zero-order chi connectivity index (χ0) is 22.2. The number of rotatable bonds is 3. The minimum atomic E-state index is -0.530. The van der Waals surface area contributed by atoms with Crippen LogP contribution in [0.1, 0.15) is 29.9 Å². The SMILES string of the molecule is O=C(Nc1ccccc1F)N1CC(=O)N2[C@H](CO)[C@@H](c3ccc(C#CC4CC4)cc3)[C@H]2C1. The van der Waals surface area contributed by atoms with Crippen molar-refractivity contribution in [3.63, 3.8) is 0 Å². The van der Waals surface area contributed by atoms with Gasteiger partial charge in [0.2, 0.25) is 5.91 Å². The van der Waals surface area contributed by atoms with E-state index in [1.807, 2.05) is 24.3 Å². The fourth-order valence-corrected chi connectivity index (χ4v) is 4.61. The standard InChI is InChI=1S/C25H24FN3O3/c26-19-3-1-2-4-20(19)27-25(32)28-13-21-24(22(15-30)29(21)23(31)14-28)18-11-9-17(10-12-18)8-7-16-5-6-16/h1-4,9-12,16,21-22,24,30H,5-6,13-15H2,(H,27,32)/t21-,22-,24+/m1/s1. The molecule has 3 fully saturated rings. The smallest absolute Gasteiger partial charge is 0.322 e. The predicted octanol–water partition coefficient (Wildman–Crippen LogP) is 2.79. The van der Waals surface area contributed by atoms with Crippen molar-refractivity contribution in [2.75, 3.05) is 25.0 Å². The van der Waals surface area contributed by atoms with Gasteiger partial charge in [-0.3, -0.25) is 4.79 Å². The Morgan fingerprint density at radius 2 is 1.91 bits per heavy atom. The van der Waals surface area contributed by atoms with Gasteiger partial charge >= 0.3 is 6.03 Å². The molecule has 3 aliphatic rings. The van der Waals surface area contributed by atoms with Crippen molar-refractivity contribution < 1.29 is 19.1 Å². The summed E-state index contributed by atoms with van der Waals surface area (Å²) in [4.78, 5) is 28.6. The Balaban J connectivity index is 1.32. The van der Waals surface area contributed by atoms with Gasteiger partial charge in [0.25, 0.3) is 0 Å². The summed E-state index contributed by atoms with van der Waals surface area (Å²) in [5.41, 5.74) is 2.03. The van der Waals surface area contributed by atoms with Crippen LogP contribution >= 0.6 is 0 Å². The van der Waals surface area contributed by atoms with Crippen molar-refractivity contribution in [2.45, 2.75) is 30.8 Å². The van der Waals surface area contributed by atoms with Crippen molar-refractivity contribution in [1.82, 2.24) is 9.80 Å². The third kappa shape index (κ3) is 3.82. The molecule has 2 heterocycles. The van der Waals surface area contributed by atoms with Gasteiger partial charge in [-0.2, -0.15) is 0 Å². The lowest BCUT2D eigenvalue weighted by Crippen LogP contribution is -2.73. The molecule has 32 heavy (non-hydrogen) atoms. The lowest BCUT2D eigenvalue weighted by molar-refractivity contribution is -0.159. The highest BCUT2D eigenvalue weighted by Crippen LogP contribution is 2.43. The molecule has 2 saturated heterocycles. The van der Waals surface area contributed by atoms with Gasteiger partial charge in [-0.1, -0.05) is 36.1 Å². The number of aliphatic hydroxyl groups is 1. The summed E-state index contributed by atoms with van der Waals surface area (Å²) in [5.74, 6) is 6.13. The van der Waals surface area contributed by atoms with E-state index in [0.717, 1.165) is 11.1 Å². The van der Waals surface area contributed by atoms with Crippen LogP contribution in [0, 0.1) is 23.6 Å². The normalized spacial score (nSPS) is 24.2. The van der Waals surface area contributed by atoms with E-state index in [4.69, 9.17) is 0 Å². The molecule has 1 saturated carbocycles. The van der Waals surface area contributed by atoms with Gasteiger partial charge in [0.15, 0.2) is 0 Å². The van der Waals surface area contributed by atoms with Crippen LogP contribution in [0.25, 0.3) is 0 Å². The monoisotopic (exact) mass is 433 g/mol. The summed E-state index contributed by atoms with van der Waals surface area (Å²) in [5, 5.41) is 12.5. The number of fused-ring (bicyclic) bond motifs is 1. The molecule has 1 aliphatic carbocycles. The third-order valence-electron chi connectivity index (χ3n) is 6.45. The summed E-state index contributed by atoms with van der Waals surface area (Å²) in [6.45, 7) is 0.0731. The lowest BCUT2D eigenvalue weighted by atomic mass is 9.73. The summed E-state index contributed by atoms with van der Waals surface area (Å²) < 4.78 is 13.9. The van der Waals surface area contributed by atoms with Crippen molar-refractivity contribution in [3.05, 3.63) is 65.5 Å². The van der Waals surface area contributed by atoms with Crippen LogP contribution in [-0.2, 0) is 4.79 Å². The maximum atomic E-state index is 13.9. The predicted molar refractivity (Wildman–Crippen MR) is 117 cm³/mol. The molecule has 2 N–H and O–H groups in total. The van der Waals surface area contributed by atoms with E-state index >= 15 is 0 Å². The number of hydrogen-bond donors (Lipinski definition) is 2. The molecule has 0 spiro atoms. The number of nitrogens with zero attached hydrogens (tertiary/aromatic N) is 2. The number of carbonyl (C=O) groups excluding carboxylic acids is 2. The van der Waals surface area contributed by atoms with Gasteiger partial charge in [-0.15, -0.1) is 0 Å². The van der Waals surface area contributed by atoms with Crippen molar-refractivity contribution in [1.29, 1.82) is 0 Å². The average Bonchev–Trinajstić information content (AvgIpc) is 3.60. The number of aliphatic hydroxyl groups excluding tert-OH is 1. The molecule has 0 unspecified atom stereocenters. The second-order valence-corrected chi connectivity index (χ2v) is 8.60. The highest BCUT2D eigenvalue weighted by molar-refractivity contribution is 5.94. The summed E-state index contributed by atoms with van der Waals surface area (Å²) in [6, 6.07) is 12.8. The zero-order valence-electron chi connectivity index (χ0n) is 17.5. The number of halogens is 1. The van der Waals surface area contributed by atoms with Crippen molar-refractivity contribution >= 4 is 17.6 Å². The molecule has 0 radical (unpaired) electrons. The largest absolute Gasteiger partial charge is 0.394 e. The molecule has 0 bridgehead atoms. The molecule has 6 nitrogen and oxygen atoms in total. The number of para-hydroxylation sites is 1. The second-order valence-electron chi connectivity index (χ2n) is 8.60. The van der Waals surface area contributed by atoms with E-state index in [0.29, 0.717) is 12.5 Å². The van der Waals surface area contributed by atoms with E-state index in [1.54, 1.807) is 17.0 Å². The number of urea groups is 1. The third-order valence-corrected chi connectivity index (χ3v) is 6.45. The Kier molecular flexibility index (Phi) is 5.32. The Morgan fingerprint density at radius 1 is 1.16 bits per heavy atom. The number of nitrogens with one attached hydrogen (secondary N) is 1. The maximum absolute atomic E-state index is 13.9. The van der Waals surface area contributed by atoms with E-state index in [1.165, 1.54) is 29.9 Å². The molecular weight excluding hydrogens is 409 g/mol. The zero-order valence-corrected chi connectivity index (χ0v) is 17.5. The number of hydrogen-bond acceptors (Lipinski definition) is 3. The minimum absolute atomic E-state index is 0.0775. The quantitative estimate of drug-likeness (QED) is 0.732. The molecule has 3 amide bonds. The highest BCUT2D eigenvalue weighted by Gasteiger charge is 2.54. The topological polar surface area (TPSA) is 72.9 Å². The Labute approximate surface area is 186 Å². The van der Waals surface area contributed by atoms with E-state index < -0.39 is 11.8 Å². The first-order valence-electron chi connectivity index (χ1n) is 10.9. The fraction of sp³-hybridized carbons (Fsp3) is 0.360. The van der Waals surface area contributed by atoms with Crippen LogP contribution in [0.2, 0.25) is 0 Å². The van der Waals surface area contributed by atoms with Crippen LogP contribution in [0.4, 0.5) is 14.9 Å². The molecular formula is C25H24FN3O3. The van der Waals surface area contributed by atoms with Crippen LogP contribution in [0.5, 0.6) is 0 Å².